The molecule has 0 radical (unpaired) electrons. The van der Waals surface area contributed by atoms with E-state index in [2.05, 4.69) is 10.1 Å². The van der Waals surface area contributed by atoms with Crippen molar-refractivity contribution in [2.24, 2.45) is 0 Å². The Bertz CT molecular complexity index is 1070. The van der Waals surface area contributed by atoms with Gasteiger partial charge in [0.25, 0.3) is 5.56 Å². The normalized spacial score (nSPS) is 12.7. The molecule has 1 aromatic heterocycles. The minimum Gasteiger partial charge on any atom is -0.435 e. The van der Waals surface area contributed by atoms with Crippen molar-refractivity contribution >= 4 is 15.9 Å². The summed E-state index contributed by atoms with van der Waals surface area (Å²) >= 11 is 0. The second kappa shape index (κ2) is 10.5. The lowest BCUT2D eigenvalue weighted by molar-refractivity contribution is -0.122. The molecule has 31 heavy (non-hydrogen) atoms. The lowest BCUT2D eigenvalue weighted by Gasteiger charge is -2.19. The third-order valence-electron chi connectivity index (χ3n) is 4.57. The van der Waals surface area contributed by atoms with Crippen LogP contribution in [0.4, 0.5) is 8.78 Å². The maximum absolute atomic E-state index is 12.7. The number of aromatic nitrogens is 1. The van der Waals surface area contributed by atoms with E-state index >= 15 is 0 Å². The van der Waals surface area contributed by atoms with Crippen LogP contribution in [0.3, 0.4) is 0 Å². The zero-order valence-corrected chi connectivity index (χ0v) is 18.2. The summed E-state index contributed by atoms with van der Waals surface area (Å²) in [6, 6.07) is 7.63. The molecule has 0 aliphatic carbocycles. The largest absolute Gasteiger partial charge is 0.435 e. The molecule has 1 atom stereocenters. The fourth-order valence-electron chi connectivity index (χ4n) is 2.98. The van der Waals surface area contributed by atoms with Crippen molar-refractivity contribution in [2.45, 2.75) is 44.9 Å². The Kier molecular flexibility index (Phi) is 8.28. The zero-order chi connectivity index (χ0) is 23.2. The van der Waals surface area contributed by atoms with Gasteiger partial charge in [-0.1, -0.05) is 26.0 Å². The SMILES string of the molecule is CCN(CC)S(=O)(=O)c1ccc(=O)n(CC(=O)NC(C)c2cccc(OC(F)F)c2)c1. The Balaban J connectivity index is 2.16. The first-order valence-corrected chi connectivity index (χ1v) is 11.1. The van der Waals surface area contributed by atoms with Crippen LogP contribution < -0.4 is 15.6 Å². The first-order chi connectivity index (χ1) is 14.6. The van der Waals surface area contributed by atoms with Gasteiger partial charge in [-0.3, -0.25) is 9.59 Å². The molecule has 8 nitrogen and oxygen atoms in total. The molecule has 1 N–H and O–H groups in total. The van der Waals surface area contributed by atoms with Crippen LogP contribution in [0.5, 0.6) is 5.75 Å². The summed E-state index contributed by atoms with van der Waals surface area (Å²) in [6.45, 7) is 2.21. The van der Waals surface area contributed by atoms with E-state index in [4.69, 9.17) is 0 Å². The molecular formula is C20H25F2N3O5S. The van der Waals surface area contributed by atoms with Gasteiger partial charge in [-0.25, -0.2) is 8.42 Å². The van der Waals surface area contributed by atoms with E-state index in [0.29, 0.717) is 5.56 Å². The lowest BCUT2D eigenvalue weighted by Crippen LogP contribution is -2.35. The molecule has 1 aromatic carbocycles. The van der Waals surface area contributed by atoms with Crippen molar-refractivity contribution in [3.63, 3.8) is 0 Å². The van der Waals surface area contributed by atoms with E-state index in [-0.39, 0.29) is 23.7 Å². The van der Waals surface area contributed by atoms with Gasteiger partial charge < -0.3 is 14.6 Å². The molecule has 1 amide bonds. The molecule has 2 aromatic rings. The zero-order valence-electron chi connectivity index (χ0n) is 17.4. The van der Waals surface area contributed by atoms with Gasteiger partial charge in [0, 0.05) is 25.4 Å². The molecule has 170 valence electrons. The van der Waals surface area contributed by atoms with Gasteiger partial charge in [0.1, 0.15) is 12.3 Å². The molecule has 0 aliphatic rings. The van der Waals surface area contributed by atoms with Crippen molar-refractivity contribution in [2.75, 3.05) is 13.1 Å². The topological polar surface area (TPSA) is 97.7 Å². The summed E-state index contributed by atoms with van der Waals surface area (Å²) in [6.07, 6.45) is 1.14. The molecule has 0 saturated carbocycles. The maximum atomic E-state index is 12.7. The number of halogens is 2. The van der Waals surface area contributed by atoms with Gasteiger partial charge in [0.2, 0.25) is 15.9 Å². The number of alkyl halides is 2. The number of hydrogen-bond donors (Lipinski definition) is 1. The molecule has 0 saturated heterocycles. The van der Waals surface area contributed by atoms with Crippen molar-refractivity contribution in [1.82, 2.24) is 14.2 Å². The van der Waals surface area contributed by atoms with E-state index < -0.39 is 40.7 Å². The van der Waals surface area contributed by atoms with Crippen molar-refractivity contribution < 1.29 is 26.7 Å². The number of nitrogens with one attached hydrogen (secondary N) is 1. The number of sulfonamides is 1. The summed E-state index contributed by atoms with van der Waals surface area (Å²) in [7, 11) is -3.79. The van der Waals surface area contributed by atoms with Gasteiger partial charge >= 0.3 is 6.61 Å². The lowest BCUT2D eigenvalue weighted by atomic mass is 10.1. The minimum absolute atomic E-state index is 0.0425. The molecular weight excluding hydrogens is 432 g/mol. The predicted octanol–water partition coefficient (Wildman–Crippen LogP) is 2.36. The number of carbonyl (C=O) groups excluding carboxylic acids is 1. The van der Waals surface area contributed by atoms with Crippen molar-refractivity contribution in [1.29, 1.82) is 0 Å². The van der Waals surface area contributed by atoms with E-state index in [9.17, 15) is 26.8 Å². The second-order valence-electron chi connectivity index (χ2n) is 6.66. The average molecular weight is 457 g/mol. The minimum atomic E-state index is -3.79. The predicted molar refractivity (Wildman–Crippen MR) is 110 cm³/mol. The van der Waals surface area contributed by atoms with E-state index in [1.165, 1.54) is 28.6 Å². The van der Waals surface area contributed by atoms with Crippen LogP contribution in [-0.4, -0.2) is 42.9 Å². The monoisotopic (exact) mass is 457 g/mol. The number of nitrogens with zero attached hydrogens (tertiary/aromatic N) is 2. The maximum Gasteiger partial charge on any atom is 0.387 e. The molecule has 0 aliphatic heterocycles. The van der Waals surface area contributed by atoms with Crippen molar-refractivity contribution in [3.8, 4) is 5.75 Å². The summed E-state index contributed by atoms with van der Waals surface area (Å²) < 4.78 is 56.7. The second-order valence-corrected chi connectivity index (χ2v) is 8.60. The van der Waals surface area contributed by atoms with Gasteiger partial charge in [0.05, 0.1) is 10.9 Å². The molecule has 11 heteroatoms. The van der Waals surface area contributed by atoms with Crippen LogP contribution in [0, 0.1) is 0 Å². The Morgan fingerprint density at radius 3 is 2.48 bits per heavy atom. The Morgan fingerprint density at radius 1 is 1.19 bits per heavy atom. The summed E-state index contributed by atoms with van der Waals surface area (Å²) in [5.41, 5.74) is -0.00894. The smallest absolute Gasteiger partial charge is 0.387 e. The third-order valence-corrected chi connectivity index (χ3v) is 6.61. The molecule has 0 fully saturated rings. The fourth-order valence-corrected chi connectivity index (χ4v) is 4.46. The van der Waals surface area contributed by atoms with Crippen molar-refractivity contribution in [3.05, 3.63) is 58.5 Å². The highest BCUT2D eigenvalue weighted by Crippen LogP contribution is 2.20. The number of carbonyl (C=O) groups is 1. The molecule has 1 heterocycles. The van der Waals surface area contributed by atoms with E-state index in [1.54, 1.807) is 26.8 Å². The quantitative estimate of drug-likeness (QED) is 0.591. The number of rotatable bonds is 10. The molecule has 2 rings (SSSR count). The standard InChI is InChI=1S/C20H25F2N3O5S/c1-4-25(5-2)31(28,29)17-9-10-19(27)24(12-17)13-18(26)23-14(3)15-7-6-8-16(11-15)30-20(21)22/h6-12,14,20H,4-5,13H2,1-3H3,(H,23,26). The fraction of sp³-hybridized carbons (Fsp3) is 0.400. The van der Waals surface area contributed by atoms with Gasteiger partial charge in [-0.05, 0) is 30.7 Å². The van der Waals surface area contributed by atoms with Gasteiger partial charge in [-0.2, -0.15) is 13.1 Å². The highest BCUT2D eigenvalue weighted by molar-refractivity contribution is 7.89. The van der Waals surface area contributed by atoms with Gasteiger partial charge in [0.15, 0.2) is 0 Å². The van der Waals surface area contributed by atoms with Crippen LogP contribution in [0.15, 0.2) is 52.3 Å². The number of hydrogen-bond acceptors (Lipinski definition) is 5. The summed E-state index contributed by atoms with van der Waals surface area (Å²) in [4.78, 5) is 24.5. The Morgan fingerprint density at radius 2 is 1.87 bits per heavy atom. The number of amides is 1. The van der Waals surface area contributed by atoms with E-state index in [1.807, 2.05) is 0 Å². The summed E-state index contributed by atoms with van der Waals surface area (Å²) in [5.74, 6) is -0.591. The number of benzene rings is 1. The summed E-state index contributed by atoms with van der Waals surface area (Å²) in [5, 5.41) is 2.65. The number of ether oxygens (including phenoxy) is 1. The van der Waals surface area contributed by atoms with Crippen LogP contribution >= 0.6 is 0 Å². The number of pyridine rings is 1. The van der Waals surface area contributed by atoms with Gasteiger partial charge in [-0.15, -0.1) is 0 Å². The van der Waals surface area contributed by atoms with E-state index in [0.717, 1.165) is 16.8 Å². The van der Waals surface area contributed by atoms with Crippen LogP contribution in [0.2, 0.25) is 0 Å². The first kappa shape index (κ1) is 24.5. The van der Waals surface area contributed by atoms with Crippen LogP contribution in [-0.2, 0) is 21.4 Å². The molecule has 1 unspecified atom stereocenters. The third kappa shape index (κ3) is 6.34. The van der Waals surface area contributed by atoms with Crippen LogP contribution in [0.25, 0.3) is 0 Å². The molecule has 0 bridgehead atoms. The Labute approximate surface area is 179 Å². The highest BCUT2D eigenvalue weighted by atomic mass is 32.2. The molecule has 0 spiro atoms. The average Bonchev–Trinajstić information content (AvgIpc) is 2.69. The first-order valence-electron chi connectivity index (χ1n) is 9.63. The highest BCUT2D eigenvalue weighted by Gasteiger charge is 2.23. The van der Waals surface area contributed by atoms with Crippen LogP contribution in [0.1, 0.15) is 32.4 Å². The Hall–Kier alpha value is -2.79.